The van der Waals surface area contributed by atoms with E-state index < -0.39 is 0 Å². The van der Waals surface area contributed by atoms with Gasteiger partial charge in [0.05, 0.1) is 0 Å². The summed E-state index contributed by atoms with van der Waals surface area (Å²) in [6, 6.07) is 0.269. The lowest BCUT2D eigenvalue weighted by Crippen LogP contribution is -2.50. The van der Waals surface area contributed by atoms with Crippen molar-refractivity contribution >= 4 is 5.91 Å². The molecule has 0 radical (unpaired) electrons. The van der Waals surface area contributed by atoms with Crippen LogP contribution in [-0.2, 0) is 9.53 Å². The van der Waals surface area contributed by atoms with Gasteiger partial charge in [-0.2, -0.15) is 0 Å². The van der Waals surface area contributed by atoms with Gasteiger partial charge in [-0.1, -0.05) is 12.8 Å². The Hall–Kier alpha value is -0.610. The van der Waals surface area contributed by atoms with Crippen LogP contribution in [0.2, 0.25) is 0 Å². The Morgan fingerprint density at radius 1 is 1.54 bits per heavy atom. The summed E-state index contributed by atoms with van der Waals surface area (Å²) in [5.74, 6) is -0.0650. The van der Waals surface area contributed by atoms with Gasteiger partial charge in [-0.25, -0.2) is 0 Å². The predicted molar refractivity (Wildman–Crippen MR) is 50.3 cm³/mol. The summed E-state index contributed by atoms with van der Waals surface area (Å²) >= 11 is 0. The van der Waals surface area contributed by atoms with Crippen molar-refractivity contribution in [3.05, 3.63) is 0 Å². The SMILES string of the molecule is COCC(=O)N[C@@H]1CCCC[C@H]1N. The normalized spacial score (nSPS) is 28.5. The van der Waals surface area contributed by atoms with Gasteiger partial charge in [-0.3, -0.25) is 4.79 Å². The quantitative estimate of drug-likeness (QED) is 0.653. The molecule has 4 heteroatoms. The molecule has 0 saturated heterocycles. The predicted octanol–water partition coefficient (Wildman–Crippen LogP) is 0.0189. The van der Waals surface area contributed by atoms with Crippen molar-refractivity contribution in [3.63, 3.8) is 0 Å². The van der Waals surface area contributed by atoms with Gasteiger partial charge in [0.1, 0.15) is 6.61 Å². The number of hydrogen-bond acceptors (Lipinski definition) is 3. The van der Waals surface area contributed by atoms with Crippen LogP contribution in [0.4, 0.5) is 0 Å². The number of nitrogens with two attached hydrogens (primary N) is 1. The van der Waals surface area contributed by atoms with Gasteiger partial charge in [0.2, 0.25) is 5.91 Å². The maximum atomic E-state index is 11.2. The largest absolute Gasteiger partial charge is 0.375 e. The molecule has 0 aromatic carbocycles. The highest BCUT2D eigenvalue weighted by molar-refractivity contribution is 5.77. The van der Waals surface area contributed by atoms with Crippen molar-refractivity contribution in [1.82, 2.24) is 5.32 Å². The molecule has 0 heterocycles. The van der Waals surface area contributed by atoms with E-state index in [1.807, 2.05) is 0 Å². The Morgan fingerprint density at radius 3 is 2.85 bits per heavy atom. The molecule has 1 rings (SSSR count). The highest BCUT2D eigenvalue weighted by atomic mass is 16.5. The number of methoxy groups -OCH3 is 1. The molecule has 0 spiro atoms. The van der Waals surface area contributed by atoms with Gasteiger partial charge < -0.3 is 15.8 Å². The van der Waals surface area contributed by atoms with E-state index >= 15 is 0 Å². The van der Waals surface area contributed by atoms with E-state index in [4.69, 9.17) is 10.5 Å². The zero-order chi connectivity index (χ0) is 9.68. The Balaban J connectivity index is 2.29. The van der Waals surface area contributed by atoms with E-state index in [0.717, 1.165) is 19.3 Å². The average Bonchev–Trinajstić information content (AvgIpc) is 2.09. The number of amides is 1. The summed E-state index contributed by atoms with van der Waals surface area (Å²) in [6.45, 7) is 0.128. The van der Waals surface area contributed by atoms with Gasteiger partial charge in [-0.15, -0.1) is 0 Å². The molecule has 1 aliphatic rings. The van der Waals surface area contributed by atoms with E-state index in [-0.39, 0.29) is 24.6 Å². The molecule has 2 atom stereocenters. The maximum absolute atomic E-state index is 11.2. The fourth-order valence-electron chi connectivity index (χ4n) is 1.72. The molecule has 1 aliphatic carbocycles. The number of hydrogen-bond donors (Lipinski definition) is 2. The number of carbonyl (C=O) groups is 1. The Kier molecular flexibility index (Phi) is 4.18. The monoisotopic (exact) mass is 186 g/mol. The fraction of sp³-hybridized carbons (Fsp3) is 0.889. The third-order valence-corrected chi connectivity index (χ3v) is 2.44. The molecule has 0 aliphatic heterocycles. The molecule has 0 bridgehead atoms. The second kappa shape index (κ2) is 5.19. The molecular weight excluding hydrogens is 168 g/mol. The Labute approximate surface area is 78.8 Å². The standard InChI is InChI=1S/C9H18N2O2/c1-13-6-9(12)11-8-5-3-2-4-7(8)10/h7-8H,2-6,10H2,1H3,(H,11,12)/t7-,8-/m1/s1. The minimum Gasteiger partial charge on any atom is -0.375 e. The third kappa shape index (κ3) is 3.32. The molecule has 76 valence electrons. The van der Waals surface area contributed by atoms with E-state index in [0.29, 0.717) is 0 Å². The van der Waals surface area contributed by atoms with Crippen LogP contribution in [0.1, 0.15) is 25.7 Å². The number of carbonyl (C=O) groups excluding carboxylic acids is 1. The number of ether oxygens (including phenoxy) is 1. The molecule has 3 N–H and O–H groups in total. The molecular formula is C9H18N2O2. The first-order chi connectivity index (χ1) is 6.24. The summed E-state index contributed by atoms with van der Waals surface area (Å²) in [6.07, 6.45) is 4.35. The van der Waals surface area contributed by atoms with Gasteiger partial charge >= 0.3 is 0 Å². The van der Waals surface area contributed by atoms with Crippen LogP contribution in [0.15, 0.2) is 0 Å². The fourth-order valence-corrected chi connectivity index (χ4v) is 1.72. The van der Waals surface area contributed by atoms with Gasteiger partial charge in [-0.05, 0) is 12.8 Å². The van der Waals surface area contributed by atoms with E-state index in [9.17, 15) is 4.79 Å². The van der Waals surface area contributed by atoms with E-state index in [2.05, 4.69) is 5.32 Å². The van der Waals surface area contributed by atoms with E-state index in [1.165, 1.54) is 13.5 Å². The van der Waals surface area contributed by atoms with E-state index in [1.54, 1.807) is 0 Å². The smallest absolute Gasteiger partial charge is 0.246 e. The third-order valence-electron chi connectivity index (χ3n) is 2.44. The molecule has 0 aromatic rings. The lowest BCUT2D eigenvalue weighted by atomic mass is 9.91. The topological polar surface area (TPSA) is 64.3 Å². The minimum absolute atomic E-state index is 0.0650. The first kappa shape index (κ1) is 10.5. The molecule has 1 amide bonds. The zero-order valence-electron chi connectivity index (χ0n) is 8.08. The zero-order valence-corrected chi connectivity index (χ0v) is 8.08. The van der Waals surface area contributed by atoms with Crippen LogP contribution >= 0.6 is 0 Å². The van der Waals surface area contributed by atoms with Crippen molar-refractivity contribution in [3.8, 4) is 0 Å². The van der Waals surface area contributed by atoms with Crippen LogP contribution in [0.5, 0.6) is 0 Å². The Bertz CT molecular complexity index is 173. The van der Waals surface area contributed by atoms with Crippen molar-refractivity contribution in [2.24, 2.45) is 5.73 Å². The number of rotatable bonds is 3. The molecule has 0 aromatic heterocycles. The first-order valence-electron chi connectivity index (χ1n) is 4.78. The van der Waals surface area contributed by atoms with Crippen molar-refractivity contribution in [1.29, 1.82) is 0 Å². The van der Waals surface area contributed by atoms with Crippen molar-refractivity contribution in [2.75, 3.05) is 13.7 Å². The Morgan fingerprint density at radius 2 is 2.23 bits per heavy atom. The maximum Gasteiger partial charge on any atom is 0.246 e. The van der Waals surface area contributed by atoms with Gasteiger partial charge in [0.25, 0.3) is 0 Å². The molecule has 1 saturated carbocycles. The minimum atomic E-state index is -0.0650. The molecule has 13 heavy (non-hydrogen) atoms. The lowest BCUT2D eigenvalue weighted by molar-refractivity contribution is -0.125. The average molecular weight is 186 g/mol. The van der Waals surface area contributed by atoms with Gasteiger partial charge in [0, 0.05) is 19.2 Å². The summed E-state index contributed by atoms with van der Waals surface area (Å²) in [7, 11) is 1.51. The lowest BCUT2D eigenvalue weighted by Gasteiger charge is -2.29. The second-order valence-electron chi connectivity index (χ2n) is 3.56. The van der Waals surface area contributed by atoms with Crippen LogP contribution in [-0.4, -0.2) is 31.7 Å². The summed E-state index contributed by atoms with van der Waals surface area (Å²) in [5.41, 5.74) is 5.87. The van der Waals surface area contributed by atoms with Gasteiger partial charge in [0.15, 0.2) is 0 Å². The van der Waals surface area contributed by atoms with Crippen LogP contribution in [0.25, 0.3) is 0 Å². The highest BCUT2D eigenvalue weighted by Crippen LogP contribution is 2.16. The molecule has 0 unspecified atom stereocenters. The molecule has 4 nitrogen and oxygen atoms in total. The van der Waals surface area contributed by atoms with Crippen LogP contribution in [0.3, 0.4) is 0 Å². The molecule has 1 fully saturated rings. The first-order valence-corrected chi connectivity index (χ1v) is 4.78. The summed E-state index contributed by atoms with van der Waals surface area (Å²) in [4.78, 5) is 11.2. The highest BCUT2D eigenvalue weighted by Gasteiger charge is 2.22. The number of nitrogens with one attached hydrogen (secondary N) is 1. The summed E-state index contributed by atoms with van der Waals surface area (Å²) < 4.78 is 4.73. The second-order valence-corrected chi connectivity index (χ2v) is 3.56. The van der Waals surface area contributed by atoms with Crippen LogP contribution in [0, 0.1) is 0 Å². The van der Waals surface area contributed by atoms with Crippen molar-refractivity contribution < 1.29 is 9.53 Å². The van der Waals surface area contributed by atoms with Crippen molar-refractivity contribution in [2.45, 2.75) is 37.8 Å². The van der Waals surface area contributed by atoms with Crippen LogP contribution < -0.4 is 11.1 Å². The summed E-state index contributed by atoms with van der Waals surface area (Å²) in [5, 5.41) is 2.88.